The minimum Gasteiger partial charge on any atom is -0.393 e. The van der Waals surface area contributed by atoms with Gasteiger partial charge in [0, 0.05) is 13.1 Å². The highest BCUT2D eigenvalue weighted by Crippen LogP contribution is 2.24. The van der Waals surface area contributed by atoms with Crippen LogP contribution in [-0.2, 0) is 0 Å². The van der Waals surface area contributed by atoms with E-state index in [0.717, 1.165) is 19.5 Å². The summed E-state index contributed by atoms with van der Waals surface area (Å²) in [6.07, 6.45) is 7.46. The van der Waals surface area contributed by atoms with Crippen LogP contribution in [-0.4, -0.2) is 24.3 Å². The van der Waals surface area contributed by atoms with Gasteiger partial charge in [-0.15, -0.1) is 0 Å². The van der Waals surface area contributed by atoms with Crippen molar-refractivity contribution in [3.05, 3.63) is 12.2 Å². The summed E-state index contributed by atoms with van der Waals surface area (Å²) in [7, 11) is 0. The van der Waals surface area contributed by atoms with Crippen LogP contribution in [0.1, 0.15) is 26.2 Å². The van der Waals surface area contributed by atoms with Crippen LogP contribution in [0.3, 0.4) is 0 Å². The van der Waals surface area contributed by atoms with Crippen molar-refractivity contribution in [3.63, 3.8) is 0 Å². The summed E-state index contributed by atoms with van der Waals surface area (Å²) >= 11 is 0. The molecule has 2 heteroatoms. The van der Waals surface area contributed by atoms with Crippen molar-refractivity contribution >= 4 is 0 Å². The third-order valence-corrected chi connectivity index (χ3v) is 2.52. The van der Waals surface area contributed by atoms with E-state index in [1.54, 1.807) is 0 Å². The first-order valence-electron chi connectivity index (χ1n) is 4.84. The van der Waals surface area contributed by atoms with Crippen LogP contribution in [0.5, 0.6) is 0 Å². The van der Waals surface area contributed by atoms with Crippen LogP contribution in [0.15, 0.2) is 12.2 Å². The lowest BCUT2D eigenvalue weighted by Gasteiger charge is -2.13. The Morgan fingerprint density at radius 3 is 2.92 bits per heavy atom. The summed E-state index contributed by atoms with van der Waals surface area (Å²) in [6, 6.07) is 0. The molecule has 0 aromatic heterocycles. The van der Waals surface area contributed by atoms with Gasteiger partial charge >= 0.3 is 0 Å². The molecule has 1 saturated carbocycles. The maximum atomic E-state index is 9.49. The minimum atomic E-state index is -0.0527. The Morgan fingerprint density at radius 1 is 1.50 bits per heavy atom. The second-order valence-electron chi connectivity index (χ2n) is 3.49. The van der Waals surface area contributed by atoms with E-state index in [2.05, 4.69) is 11.4 Å². The molecule has 2 N–H and O–H groups in total. The SMILES string of the molecule is C/C=C/CNCC1CCCC1O. The second kappa shape index (κ2) is 5.33. The number of hydrogen-bond donors (Lipinski definition) is 2. The Morgan fingerprint density at radius 2 is 2.33 bits per heavy atom. The first-order chi connectivity index (χ1) is 5.84. The number of rotatable bonds is 4. The Kier molecular flexibility index (Phi) is 4.33. The molecule has 12 heavy (non-hydrogen) atoms. The normalized spacial score (nSPS) is 30.2. The van der Waals surface area contributed by atoms with Gasteiger partial charge < -0.3 is 10.4 Å². The van der Waals surface area contributed by atoms with Crippen molar-refractivity contribution in [1.29, 1.82) is 0 Å². The molecule has 2 nitrogen and oxygen atoms in total. The van der Waals surface area contributed by atoms with Gasteiger partial charge in [0.05, 0.1) is 6.10 Å². The number of hydrogen-bond acceptors (Lipinski definition) is 2. The van der Waals surface area contributed by atoms with Gasteiger partial charge in [0.1, 0.15) is 0 Å². The van der Waals surface area contributed by atoms with Gasteiger partial charge in [0.25, 0.3) is 0 Å². The quantitative estimate of drug-likeness (QED) is 0.491. The minimum absolute atomic E-state index is 0.0527. The molecular formula is C10H19NO. The van der Waals surface area contributed by atoms with Gasteiger partial charge in [0.15, 0.2) is 0 Å². The molecule has 0 amide bonds. The molecule has 0 aromatic rings. The molecule has 1 aliphatic rings. The summed E-state index contributed by atoms with van der Waals surface area (Å²) in [4.78, 5) is 0. The molecule has 0 radical (unpaired) electrons. The molecule has 0 aliphatic heterocycles. The van der Waals surface area contributed by atoms with Gasteiger partial charge in [-0.3, -0.25) is 0 Å². The average molecular weight is 169 g/mol. The van der Waals surface area contributed by atoms with E-state index in [9.17, 15) is 5.11 Å². The summed E-state index contributed by atoms with van der Waals surface area (Å²) in [5.74, 6) is 0.496. The van der Waals surface area contributed by atoms with E-state index in [1.807, 2.05) is 13.0 Å². The van der Waals surface area contributed by atoms with Gasteiger partial charge in [-0.1, -0.05) is 18.6 Å². The van der Waals surface area contributed by atoms with Crippen LogP contribution in [0.4, 0.5) is 0 Å². The molecule has 0 heterocycles. The molecule has 0 aromatic carbocycles. The third-order valence-electron chi connectivity index (χ3n) is 2.52. The largest absolute Gasteiger partial charge is 0.393 e. The van der Waals surface area contributed by atoms with Gasteiger partial charge in [-0.05, 0) is 25.7 Å². The molecule has 1 fully saturated rings. The Balaban J connectivity index is 2.06. The smallest absolute Gasteiger partial charge is 0.0580 e. The predicted octanol–water partition coefficient (Wildman–Crippen LogP) is 1.31. The third kappa shape index (κ3) is 2.95. The summed E-state index contributed by atoms with van der Waals surface area (Å²) < 4.78 is 0. The summed E-state index contributed by atoms with van der Waals surface area (Å²) in [6.45, 7) is 3.91. The van der Waals surface area contributed by atoms with E-state index >= 15 is 0 Å². The highest BCUT2D eigenvalue weighted by Gasteiger charge is 2.23. The lowest BCUT2D eigenvalue weighted by molar-refractivity contribution is 0.132. The van der Waals surface area contributed by atoms with Crippen molar-refractivity contribution in [3.8, 4) is 0 Å². The fourth-order valence-electron chi connectivity index (χ4n) is 1.73. The second-order valence-corrected chi connectivity index (χ2v) is 3.49. The van der Waals surface area contributed by atoms with Gasteiger partial charge in [0.2, 0.25) is 0 Å². The zero-order valence-corrected chi connectivity index (χ0v) is 7.79. The van der Waals surface area contributed by atoms with Crippen molar-refractivity contribution in [2.45, 2.75) is 32.3 Å². The van der Waals surface area contributed by atoms with Crippen LogP contribution in [0.2, 0.25) is 0 Å². The predicted molar refractivity (Wildman–Crippen MR) is 51.0 cm³/mol. The van der Waals surface area contributed by atoms with E-state index in [0.29, 0.717) is 5.92 Å². The number of aliphatic hydroxyl groups is 1. The zero-order chi connectivity index (χ0) is 8.81. The highest BCUT2D eigenvalue weighted by molar-refractivity contribution is 4.82. The number of aliphatic hydroxyl groups excluding tert-OH is 1. The molecule has 1 aliphatic carbocycles. The molecule has 0 bridgehead atoms. The molecule has 70 valence electrons. The molecule has 0 spiro atoms. The fourth-order valence-corrected chi connectivity index (χ4v) is 1.73. The van der Waals surface area contributed by atoms with Crippen molar-refractivity contribution in [2.24, 2.45) is 5.92 Å². The Hall–Kier alpha value is -0.340. The van der Waals surface area contributed by atoms with Crippen LogP contribution in [0.25, 0.3) is 0 Å². The van der Waals surface area contributed by atoms with Crippen molar-refractivity contribution in [1.82, 2.24) is 5.32 Å². The summed E-state index contributed by atoms with van der Waals surface area (Å²) in [5.41, 5.74) is 0. The van der Waals surface area contributed by atoms with Crippen molar-refractivity contribution in [2.75, 3.05) is 13.1 Å². The maximum absolute atomic E-state index is 9.49. The van der Waals surface area contributed by atoms with E-state index in [4.69, 9.17) is 0 Å². The van der Waals surface area contributed by atoms with Gasteiger partial charge in [-0.2, -0.15) is 0 Å². The molecule has 1 rings (SSSR count). The van der Waals surface area contributed by atoms with E-state index in [-0.39, 0.29) is 6.10 Å². The van der Waals surface area contributed by atoms with Crippen LogP contribution < -0.4 is 5.32 Å². The standard InChI is InChI=1S/C10H19NO/c1-2-3-7-11-8-9-5-4-6-10(9)12/h2-3,9-12H,4-8H2,1H3/b3-2+. The number of nitrogens with one attached hydrogen (secondary N) is 1. The topological polar surface area (TPSA) is 32.3 Å². The fraction of sp³-hybridized carbons (Fsp3) is 0.800. The van der Waals surface area contributed by atoms with Crippen molar-refractivity contribution < 1.29 is 5.11 Å². The lowest BCUT2D eigenvalue weighted by Crippen LogP contribution is -2.27. The monoisotopic (exact) mass is 169 g/mol. The number of allylic oxidation sites excluding steroid dienone is 1. The highest BCUT2D eigenvalue weighted by atomic mass is 16.3. The average Bonchev–Trinajstić information content (AvgIpc) is 2.46. The van der Waals surface area contributed by atoms with Gasteiger partial charge in [-0.25, -0.2) is 0 Å². The molecule has 0 saturated heterocycles. The van der Waals surface area contributed by atoms with E-state index in [1.165, 1.54) is 12.8 Å². The molecular weight excluding hydrogens is 150 g/mol. The van der Waals surface area contributed by atoms with Crippen LogP contribution >= 0.6 is 0 Å². The first-order valence-corrected chi connectivity index (χ1v) is 4.84. The lowest BCUT2D eigenvalue weighted by atomic mass is 10.1. The Bertz CT molecular complexity index is 145. The zero-order valence-electron chi connectivity index (χ0n) is 7.79. The van der Waals surface area contributed by atoms with E-state index < -0.39 is 0 Å². The molecule has 2 atom stereocenters. The maximum Gasteiger partial charge on any atom is 0.0580 e. The Labute approximate surface area is 74.7 Å². The van der Waals surface area contributed by atoms with Crippen LogP contribution in [0, 0.1) is 5.92 Å². The summed E-state index contributed by atoms with van der Waals surface area (Å²) in [5, 5.41) is 12.8. The first kappa shape index (κ1) is 9.75. The molecule has 2 unspecified atom stereocenters.